The molecule has 4 nitrogen and oxygen atoms in total. The van der Waals surface area contributed by atoms with Crippen molar-refractivity contribution < 1.29 is 4.79 Å². The third-order valence-corrected chi connectivity index (χ3v) is 4.23. The summed E-state index contributed by atoms with van der Waals surface area (Å²) in [6.45, 7) is 2.92. The van der Waals surface area contributed by atoms with Gasteiger partial charge in [-0.25, -0.2) is 0 Å². The smallest absolute Gasteiger partial charge is 0.224 e. The van der Waals surface area contributed by atoms with Gasteiger partial charge in [0.05, 0.1) is 11.4 Å². The van der Waals surface area contributed by atoms with Gasteiger partial charge in [-0.15, -0.1) is 0 Å². The van der Waals surface area contributed by atoms with Gasteiger partial charge >= 0.3 is 0 Å². The molecule has 3 N–H and O–H groups in total. The molecule has 0 unspecified atom stereocenters. The minimum atomic E-state index is 0.122. The van der Waals surface area contributed by atoms with Crippen molar-refractivity contribution in [3.8, 4) is 0 Å². The zero-order valence-corrected chi connectivity index (χ0v) is 13.5. The number of rotatable bonds is 8. The number of hydrogen-bond acceptors (Lipinski definition) is 3. The maximum absolute atomic E-state index is 12.1. The summed E-state index contributed by atoms with van der Waals surface area (Å²) < 4.78 is 0. The van der Waals surface area contributed by atoms with E-state index in [9.17, 15) is 4.79 Å². The number of nitrogens with one attached hydrogen (secondary N) is 1. The predicted molar refractivity (Wildman–Crippen MR) is 93.3 cm³/mol. The van der Waals surface area contributed by atoms with Crippen LogP contribution in [-0.4, -0.2) is 25.5 Å². The molecule has 0 atom stereocenters. The molecule has 1 aromatic rings. The SMILES string of the molecule is NCCCCCCC(=O)Nc1ccccc1N1CCCCC1. The van der Waals surface area contributed by atoms with E-state index in [4.69, 9.17) is 5.73 Å². The molecule has 0 bridgehead atoms. The molecule has 0 aromatic heterocycles. The van der Waals surface area contributed by atoms with Crippen LogP contribution < -0.4 is 16.0 Å². The highest BCUT2D eigenvalue weighted by Gasteiger charge is 2.15. The fraction of sp³-hybridized carbons (Fsp3) is 0.611. The molecular weight excluding hydrogens is 274 g/mol. The molecule has 0 radical (unpaired) electrons. The second kappa shape index (κ2) is 9.46. The molecule has 1 amide bonds. The van der Waals surface area contributed by atoms with Gasteiger partial charge in [0.25, 0.3) is 0 Å². The summed E-state index contributed by atoms with van der Waals surface area (Å²) in [6.07, 6.45) is 8.59. The molecule has 1 fully saturated rings. The van der Waals surface area contributed by atoms with Gasteiger partial charge in [0, 0.05) is 19.5 Å². The number of anilines is 2. The van der Waals surface area contributed by atoms with Crippen LogP contribution in [0.15, 0.2) is 24.3 Å². The Morgan fingerprint density at radius 3 is 2.55 bits per heavy atom. The van der Waals surface area contributed by atoms with E-state index in [2.05, 4.69) is 16.3 Å². The van der Waals surface area contributed by atoms with Crippen molar-refractivity contribution in [3.63, 3.8) is 0 Å². The standard InChI is InChI=1S/C18H29N3O/c19-13-7-2-1-4-12-18(22)20-16-10-5-6-11-17(16)21-14-8-3-9-15-21/h5-6,10-11H,1-4,7-9,12-15,19H2,(H,20,22). The number of nitrogens with zero attached hydrogens (tertiary/aromatic N) is 1. The van der Waals surface area contributed by atoms with Crippen LogP contribution in [-0.2, 0) is 4.79 Å². The van der Waals surface area contributed by atoms with Crippen molar-refractivity contribution in [2.45, 2.75) is 51.4 Å². The normalized spacial score (nSPS) is 14.9. The van der Waals surface area contributed by atoms with E-state index in [1.54, 1.807) is 0 Å². The van der Waals surface area contributed by atoms with Crippen molar-refractivity contribution in [2.24, 2.45) is 5.73 Å². The lowest BCUT2D eigenvalue weighted by Gasteiger charge is -2.30. The van der Waals surface area contributed by atoms with E-state index in [1.807, 2.05) is 18.2 Å². The summed E-state index contributed by atoms with van der Waals surface area (Å²) in [7, 11) is 0. The Morgan fingerprint density at radius 2 is 1.77 bits per heavy atom. The second-order valence-electron chi connectivity index (χ2n) is 6.07. The molecule has 1 aromatic carbocycles. The number of piperidine rings is 1. The van der Waals surface area contributed by atoms with E-state index in [1.165, 1.54) is 24.9 Å². The molecule has 122 valence electrons. The van der Waals surface area contributed by atoms with Gasteiger partial charge in [-0.3, -0.25) is 4.79 Å². The molecule has 4 heteroatoms. The number of carbonyl (C=O) groups excluding carboxylic acids is 1. The first-order valence-electron chi connectivity index (χ1n) is 8.65. The van der Waals surface area contributed by atoms with Crippen molar-refractivity contribution in [1.82, 2.24) is 0 Å². The first kappa shape index (κ1) is 16.8. The van der Waals surface area contributed by atoms with Crippen molar-refractivity contribution >= 4 is 17.3 Å². The number of carbonyl (C=O) groups is 1. The molecule has 1 heterocycles. The Kier molecular flexibility index (Phi) is 7.23. The third kappa shape index (κ3) is 5.34. The maximum atomic E-state index is 12.1. The largest absolute Gasteiger partial charge is 0.370 e. The van der Waals surface area contributed by atoms with E-state index >= 15 is 0 Å². The number of benzene rings is 1. The van der Waals surface area contributed by atoms with E-state index in [-0.39, 0.29) is 5.91 Å². The molecule has 22 heavy (non-hydrogen) atoms. The number of para-hydroxylation sites is 2. The molecule has 0 aliphatic carbocycles. The Morgan fingerprint density at radius 1 is 1.05 bits per heavy atom. The maximum Gasteiger partial charge on any atom is 0.224 e. The number of unbranched alkanes of at least 4 members (excludes halogenated alkanes) is 3. The van der Waals surface area contributed by atoms with Crippen molar-refractivity contribution in [2.75, 3.05) is 29.9 Å². The minimum Gasteiger partial charge on any atom is -0.370 e. The van der Waals surface area contributed by atoms with E-state index < -0.39 is 0 Å². The quantitative estimate of drug-likeness (QED) is 0.722. The highest BCUT2D eigenvalue weighted by atomic mass is 16.1. The van der Waals surface area contributed by atoms with Gasteiger partial charge in [-0.05, 0) is 50.8 Å². The summed E-state index contributed by atoms with van der Waals surface area (Å²) in [5, 5.41) is 3.09. The Hall–Kier alpha value is -1.55. The molecule has 1 saturated heterocycles. The van der Waals surface area contributed by atoms with Crippen molar-refractivity contribution in [3.05, 3.63) is 24.3 Å². The monoisotopic (exact) mass is 303 g/mol. The Labute approximate surface area is 134 Å². The first-order chi connectivity index (χ1) is 10.8. The van der Waals surface area contributed by atoms with Crippen LogP contribution in [0, 0.1) is 0 Å². The first-order valence-corrected chi connectivity index (χ1v) is 8.65. The second-order valence-corrected chi connectivity index (χ2v) is 6.07. The lowest BCUT2D eigenvalue weighted by atomic mass is 10.1. The van der Waals surface area contributed by atoms with E-state index in [0.29, 0.717) is 6.42 Å². The molecule has 0 saturated carbocycles. The summed E-state index contributed by atoms with van der Waals surface area (Å²) >= 11 is 0. The zero-order chi connectivity index (χ0) is 15.6. The fourth-order valence-corrected chi connectivity index (χ4v) is 2.99. The predicted octanol–water partition coefficient (Wildman–Crippen LogP) is 3.52. The highest BCUT2D eigenvalue weighted by molar-refractivity contribution is 5.94. The molecule has 0 spiro atoms. The minimum absolute atomic E-state index is 0.122. The van der Waals surface area contributed by atoms with Gasteiger partial charge < -0.3 is 16.0 Å². The average Bonchev–Trinajstić information content (AvgIpc) is 2.56. The average molecular weight is 303 g/mol. The highest BCUT2D eigenvalue weighted by Crippen LogP contribution is 2.28. The molecular formula is C18H29N3O. The van der Waals surface area contributed by atoms with Crippen LogP contribution in [0.3, 0.4) is 0 Å². The summed E-state index contributed by atoms with van der Waals surface area (Å²) in [5.41, 5.74) is 7.60. The van der Waals surface area contributed by atoms with Crippen LogP contribution in [0.4, 0.5) is 11.4 Å². The zero-order valence-electron chi connectivity index (χ0n) is 13.5. The van der Waals surface area contributed by atoms with Crippen LogP contribution >= 0.6 is 0 Å². The van der Waals surface area contributed by atoms with Gasteiger partial charge in [-0.1, -0.05) is 25.0 Å². The lowest BCUT2D eigenvalue weighted by molar-refractivity contribution is -0.116. The number of hydrogen-bond donors (Lipinski definition) is 2. The van der Waals surface area contributed by atoms with Crippen LogP contribution in [0.1, 0.15) is 51.4 Å². The van der Waals surface area contributed by atoms with Crippen LogP contribution in [0.5, 0.6) is 0 Å². The van der Waals surface area contributed by atoms with Gasteiger partial charge in [-0.2, -0.15) is 0 Å². The van der Waals surface area contributed by atoms with E-state index in [0.717, 1.165) is 51.0 Å². The topological polar surface area (TPSA) is 58.4 Å². The van der Waals surface area contributed by atoms with Gasteiger partial charge in [0.2, 0.25) is 5.91 Å². The lowest BCUT2D eigenvalue weighted by Crippen LogP contribution is -2.30. The summed E-state index contributed by atoms with van der Waals surface area (Å²) in [5.74, 6) is 0.122. The Balaban J connectivity index is 1.85. The van der Waals surface area contributed by atoms with Gasteiger partial charge in [0.1, 0.15) is 0 Å². The Bertz CT molecular complexity index is 455. The molecule has 1 aliphatic rings. The van der Waals surface area contributed by atoms with Gasteiger partial charge in [0.15, 0.2) is 0 Å². The number of amides is 1. The van der Waals surface area contributed by atoms with Crippen molar-refractivity contribution in [1.29, 1.82) is 0 Å². The number of nitrogens with two attached hydrogens (primary N) is 1. The molecule has 2 rings (SSSR count). The van der Waals surface area contributed by atoms with Crippen LogP contribution in [0.25, 0.3) is 0 Å². The molecule has 1 aliphatic heterocycles. The summed E-state index contributed by atoms with van der Waals surface area (Å²) in [6, 6.07) is 8.16. The third-order valence-electron chi connectivity index (χ3n) is 4.23. The van der Waals surface area contributed by atoms with Crippen LogP contribution in [0.2, 0.25) is 0 Å². The fourth-order valence-electron chi connectivity index (χ4n) is 2.99. The summed E-state index contributed by atoms with van der Waals surface area (Å²) in [4.78, 5) is 14.5.